The van der Waals surface area contributed by atoms with E-state index >= 15 is 0 Å². The van der Waals surface area contributed by atoms with E-state index in [1.165, 1.54) is 0 Å². The Morgan fingerprint density at radius 3 is 2.09 bits per heavy atom. The second-order valence-electron chi connectivity index (χ2n) is 10.1. The van der Waals surface area contributed by atoms with Gasteiger partial charge in [0.1, 0.15) is 12.6 Å². The molecule has 2 amide bonds. The first-order chi connectivity index (χ1) is 16.8. The number of alkyl carbamates (subject to hydrolysis) is 1. The zero-order chi connectivity index (χ0) is 25.0. The molecule has 0 heterocycles. The molecule has 0 bridgehead atoms. The molecule has 0 aliphatic heterocycles. The van der Waals surface area contributed by atoms with Crippen molar-refractivity contribution in [2.24, 2.45) is 11.3 Å². The number of nitrogens with one attached hydrogen (secondary N) is 2. The molecule has 0 radical (unpaired) electrons. The number of benzene rings is 2. The molecule has 1 fully saturated rings. The highest BCUT2D eigenvalue weighted by Crippen LogP contribution is 2.44. The van der Waals surface area contributed by atoms with E-state index in [1.807, 2.05) is 24.3 Å². The van der Waals surface area contributed by atoms with Gasteiger partial charge in [0.05, 0.1) is 5.41 Å². The van der Waals surface area contributed by atoms with Gasteiger partial charge in [-0.1, -0.05) is 81.6 Å². The molecule has 1 atom stereocenters. The lowest BCUT2D eigenvalue weighted by molar-refractivity contribution is -0.145. The number of aliphatic carboxylic acids is 1. The maximum Gasteiger partial charge on any atom is 0.407 e. The molecule has 0 unspecified atom stereocenters. The van der Waals surface area contributed by atoms with Gasteiger partial charge in [-0.05, 0) is 41.0 Å². The minimum absolute atomic E-state index is 0.0394. The number of hydrogen-bond donors (Lipinski definition) is 3. The fraction of sp³-hybridized carbons (Fsp3) is 0.464. The number of amides is 2. The number of ether oxygens (including phenoxy) is 1. The van der Waals surface area contributed by atoms with Crippen LogP contribution >= 0.6 is 0 Å². The van der Waals surface area contributed by atoms with Crippen molar-refractivity contribution < 1.29 is 24.2 Å². The van der Waals surface area contributed by atoms with E-state index in [0.29, 0.717) is 12.8 Å². The van der Waals surface area contributed by atoms with E-state index in [2.05, 4.69) is 34.9 Å². The van der Waals surface area contributed by atoms with Crippen molar-refractivity contribution in [2.45, 2.75) is 57.9 Å². The highest BCUT2D eigenvalue weighted by Gasteiger charge is 2.42. The van der Waals surface area contributed by atoms with E-state index in [9.17, 15) is 19.5 Å². The van der Waals surface area contributed by atoms with Crippen LogP contribution in [0.3, 0.4) is 0 Å². The number of carboxylic acid groups (broad SMARTS) is 1. The van der Waals surface area contributed by atoms with Crippen LogP contribution in [0.25, 0.3) is 11.1 Å². The van der Waals surface area contributed by atoms with Gasteiger partial charge < -0.3 is 20.5 Å². The lowest BCUT2D eigenvalue weighted by Crippen LogP contribution is -2.54. The summed E-state index contributed by atoms with van der Waals surface area (Å²) in [5, 5.41) is 15.0. The normalized spacial score (nSPS) is 17.2. The SMILES string of the molecule is CC(C)[C@@H](NC(=O)C1(CNC(=O)OCC2c3ccccc3-c3ccccc32)CCCCC1)C(=O)O. The maximum atomic E-state index is 13.2. The average Bonchev–Trinajstić information content (AvgIpc) is 3.18. The molecule has 2 aliphatic carbocycles. The summed E-state index contributed by atoms with van der Waals surface area (Å²) in [5.41, 5.74) is 3.77. The Hall–Kier alpha value is -3.35. The van der Waals surface area contributed by atoms with Crippen molar-refractivity contribution in [1.29, 1.82) is 0 Å². The predicted octanol–water partition coefficient (Wildman–Crippen LogP) is 4.70. The third-order valence-electron chi connectivity index (χ3n) is 7.43. The van der Waals surface area contributed by atoms with Gasteiger partial charge in [0, 0.05) is 12.5 Å². The molecule has 0 aromatic heterocycles. The fourth-order valence-electron chi connectivity index (χ4n) is 5.41. The summed E-state index contributed by atoms with van der Waals surface area (Å²) in [7, 11) is 0. The Balaban J connectivity index is 1.40. The number of fused-ring (bicyclic) bond motifs is 3. The Morgan fingerprint density at radius 2 is 1.54 bits per heavy atom. The van der Waals surface area contributed by atoms with Gasteiger partial charge in [0.15, 0.2) is 0 Å². The summed E-state index contributed by atoms with van der Waals surface area (Å²) in [4.78, 5) is 37.5. The summed E-state index contributed by atoms with van der Waals surface area (Å²) < 4.78 is 5.64. The first kappa shape index (κ1) is 24.8. The summed E-state index contributed by atoms with van der Waals surface area (Å²) in [6, 6.07) is 15.3. The lowest BCUT2D eigenvalue weighted by atomic mass is 9.73. The van der Waals surface area contributed by atoms with Crippen molar-refractivity contribution in [3.05, 3.63) is 59.7 Å². The number of hydrogen-bond acceptors (Lipinski definition) is 4. The van der Waals surface area contributed by atoms with Crippen LogP contribution in [0.15, 0.2) is 48.5 Å². The molecule has 2 aromatic rings. The predicted molar refractivity (Wildman–Crippen MR) is 133 cm³/mol. The Labute approximate surface area is 206 Å². The summed E-state index contributed by atoms with van der Waals surface area (Å²) in [5.74, 6) is -1.64. The molecule has 7 nitrogen and oxygen atoms in total. The molecular weight excluding hydrogens is 444 g/mol. The molecule has 3 N–H and O–H groups in total. The minimum atomic E-state index is -1.05. The first-order valence-electron chi connectivity index (χ1n) is 12.4. The van der Waals surface area contributed by atoms with Crippen LogP contribution in [0.2, 0.25) is 0 Å². The molecule has 2 aromatic carbocycles. The van der Waals surface area contributed by atoms with E-state index in [-0.39, 0.29) is 30.9 Å². The van der Waals surface area contributed by atoms with E-state index in [0.717, 1.165) is 41.5 Å². The maximum absolute atomic E-state index is 13.2. The van der Waals surface area contributed by atoms with Crippen molar-refractivity contribution in [3.63, 3.8) is 0 Å². The molecule has 4 rings (SSSR count). The van der Waals surface area contributed by atoms with Gasteiger partial charge in [-0.2, -0.15) is 0 Å². The number of rotatable bonds is 8. The largest absolute Gasteiger partial charge is 0.480 e. The van der Waals surface area contributed by atoms with Crippen molar-refractivity contribution in [2.75, 3.05) is 13.2 Å². The van der Waals surface area contributed by atoms with Gasteiger partial charge in [-0.25, -0.2) is 9.59 Å². The minimum Gasteiger partial charge on any atom is -0.480 e. The standard InChI is InChI=1S/C28H34N2O5/c1-18(2)24(25(31)32)30-26(33)28(14-8-3-9-15-28)17-29-27(34)35-16-23-21-12-6-4-10-19(21)20-11-5-7-13-22(20)23/h4-7,10-13,18,23-24H,3,8-9,14-17H2,1-2H3,(H,29,34)(H,30,33)(H,31,32)/t24-/m1/s1. The smallest absolute Gasteiger partial charge is 0.407 e. The van der Waals surface area contributed by atoms with E-state index in [1.54, 1.807) is 13.8 Å². The van der Waals surface area contributed by atoms with Crippen LogP contribution in [-0.2, 0) is 14.3 Å². The quantitative estimate of drug-likeness (QED) is 0.510. The lowest BCUT2D eigenvalue weighted by Gasteiger charge is -2.37. The molecule has 0 spiro atoms. The van der Waals surface area contributed by atoms with Crippen LogP contribution in [0.5, 0.6) is 0 Å². The third-order valence-corrected chi connectivity index (χ3v) is 7.43. The topological polar surface area (TPSA) is 105 Å². The van der Waals surface area contributed by atoms with Crippen LogP contribution in [0, 0.1) is 11.3 Å². The van der Waals surface area contributed by atoms with Gasteiger partial charge >= 0.3 is 12.1 Å². The highest BCUT2D eigenvalue weighted by molar-refractivity contribution is 5.88. The monoisotopic (exact) mass is 478 g/mol. The Morgan fingerprint density at radius 1 is 0.971 bits per heavy atom. The van der Waals surface area contributed by atoms with Crippen molar-refractivity contribution in [3.8, 4) is 11.1 Å². The molecule has 7 heteroatoms. The third kappa shape index (κ3) is 5.19. The number of carbonyl (C=O) groups excluding carboxylic acids is 2. The van der Waals surface area contributed by atoms with Gasteiger partial charge in [0.2, 0.25) is 5.91 Å². The second-order valence-corrected chi connectivity index (χ2v) is 10.1. The Kier molecular flexibility index (Phi) is 7.43. The first-order valence-corrected chi connectivity index (χ1v) is 12.4. The molecule has 186 valence electrons. The number of carboxylic acids is 1. The van der Waals surface area contributed by atoms with E-state index < -0.39 is 23.5 Å². The van der Waals surface area contributed by atoms with Gasteiger partial charge in [-0.3, -0.25) is 4.79 Å². The highest BCUT2D eigenvalue weighted by atomic mass is 16.5. The number of carbonyl (C=O) groups is 3. The molecule has 0 saturated heterocycles. The van der Waals surface area contributed by atoms with Crippen molar-refractivity contribution >= 4 is 18.0 Å². The van der Waals surface area contributed by atoms with Gasteiger partial charge in [-0.15, -0.1) is 0 Å². The average molecular weight is 479 g/mol. The van der Waals surface area contributed by atoms with Gasteiger partial charge in [0.25, 0.3) is 0 Å². The zero-order valence-electron chi connectivity index (χ0n) is 20.4. The van der Waals surface area contributed by atoms with Crippen LogP contribution < -0.4 is 10.6 Å². The molecule has 35 heavy (non-hydrogen) atoms. The summed E-state index contributed by atoms with van der Waals surface area (Å²) in [6.07, 6.45) is 3.38. The Bertz CT molecular complexity index is 1040. The van der Waals surface area contributed by atoms with Crippen molar-refractivity contribution in [1.82, 2.24) is 10.6 Å². The molecule has 2 aliphatic rings. The second kappa shape index (κ2) is 10.5. The van der Waals surface area contributed by atoms with Crippen LogP contribution in [0.4, 0.5) is 4.79 Å². The van der Waals surface area contributed by atoms with Crippen LogP contribution in [0.1, 0.15) is 63.0 Å². The summed E-state index contributed by atoms with van der Waals surface area (Å²) in [6.45, 7) is 3.86. The zero-order valence-corrected chi connectivity index (χ0v) is 20.4. The van der Waals surface area contributed by atoms with E-state index in [4.69, 9.17) is 4.74 Å². The summed E-state index contributed by atoms with van der Waals surface area (Å²) >= 11 is 0. The fourth-order valence-corrected chi connectivity index (χ4v) is 5.41. The molecular formula is C28H34N2O5. The molecule has 1 saturated carbocycles. The van der Waals surface area contributed by atoms with Crippen LogP contribution in [-0.4, -0.2) is 42.3 Å².